The van der Waals surface area contributed by atoms with Crippen molar-refractivity contribution in [3.63, 3.8) is 0 Å². The van der Waals surface area contributed by atoms with E-state index in [-0.39, 0.29) is 24.5 Å². The van der Waals surface area contributed by atoms with Gasteiger partial charge in [0.05, 0.1) is 12.2 Å². The van der Waals surface area contributed by atoms with Gasteiger partial charge in [-0.05, 0) is 38.5 Å². The number of nitrogens with one attached hydrogen (secondary N) is 1. The van der Waals surface area contributed by atoms with Crippen molar-refractivity contribution in [3.8, 4) is 5.75 Å². The highest BCUT2D eigenvalue weighted by Crippen LogP contribution is 2.18. The minimum absolute atomic E-state index is 0.0503. The maximum Gasteiger partial charge on any atom is 0.218 e. The lowest BCUT2D eigenvalue weighted by molar-refractivity contribution is -0.118. The van der Waals surface area contributed by atoms with E-state index in [0.29, 0.717) is 6.54 Å². The van der Waals surface area contributed by atoms with Gasteiger partial charge >= 0.3 is 0 Å². The predicted molar refractivity (Wildman–Crippen MR) is 78.4 cm³/mol. The van der Waals surface area contributed by atoms with Gasteiger partial charge < -0.3 is 20.9 Å². The molecule has 0 bridgehead atoms. The molecule has 2 unspecified atom stereocenters. The van der Waals surface area contributed by atoms with Crippen LogP contribution in [0.1, 0.15) is 38.9 Å². The summed E-state index contributed by atoms with van der Waals surface area (Å²) >= 11 is 0. The molecule has 0 radical (unpaired) electrons. The highest BCUT2D eigenvalue weighted by molar-refractivity contribution is 5.74. The molecule has 0 aromatic heterocycles. The molecule has 5 heteroatoms. The molecule has 5 nitrogen and oxygen atoms in total. The smallest absolute Gasteiger partial charge is 0.218 e. The Balaban J connectivity index is 2.47. The average molecular weight is 280 g/mol. The van der Waals surface area contributed by atoms with Crippen LogP contribution in [0.15, 0.2) is 24.3 Å². The second-order valence-electron chi connectivity index (χ2n) is 5.23. The summed E-state index contributed by atoms with van der Waals surface area (Å²) in [5.74, 6) is 0.431. The van der Waals surface area contributed by atoms with Crippen molar-refractivity contribution >= 4 is 5.91 Å². The fourth-order valence-electron chi connectivity index (χ4n) is 1.85. The molecule has 0 aliphatic rings. The van der Waals surface area contributed by atoms with E-state index < -0.39 is 6.10 Å². The molecular formula is C15H24N2O3. The summed E-state index contributed by atoms with van der Waals surface area (Å²) in [4.78, 5) is 10.8. The number of ether oxygens (including phenoxy) is 1. The van der Waals surface area contributed by atoms with Gasteiger partial charge in [0.25, 0.3) is 0 Å². The van der Waals surface area contributed by atoms with Gasteiger partial charge in [-0.1, -0.05) is 12.1 Å². The lowest BCUT2D eigenvalue weighted by Gasteiger charge is -2.17. The Morgan fingerprint density at radius 3 is 2.40 bits per heavy atom. The predicted octanol–water partition coefficient (Wildman–Crippen LogP) is 1.36. The van der Waals surface area contributed by atoms with E-state index in [0.717, 1.165) is 11.3 Å². The number of aliphatic hydroxyl groups is 1. The monoisotopic (exact) mass is 280 g/mol. The molecule has 0 heterocycles. The number of primary amides is 1. The highest BCUT2D eigenvalue weighted by atomic mass is 16.5. The number of benzene rings is 1. The van der Waals surface area contributed by atoms with Crippen LogP contribution in [0, 0.1) is 0 Å². The molecule has 1 rings (SSSR count). The van der Waals surface area contributed by atoms with Crippen molar-refractivity contribution in [1.29, 1.82) is 0 Å². The van der Waals surface area contributed by atoms with Crippen LogP contribution in [0.3, 0.4) is 0 Å². The maximum absolute atomic E-state index is 10.8. The Kier molecular flexibility index (Phi) is 6.48. The van der Waals surface area contributed by atoms with Crippen LogP contribution in [-0.4, -0.2) is 29.7 Å². The first kappa shape index (κ1) is 16.5. The van der Waals surface area contributed by atoms with Gasteiger partial charge in [0, 0.05) is 19.0 Å². The number of carbonyl (C=O) groups excluding carboxylic acids is 1. The molecule has 0 saturated carbocycles. The number of hydrogen-bond acceptors (Lipinski definition) is 4. The lowest BCUT2D eigenvalue weighted by atomic mass is 10.1. The molecule has 0 aliphatic carbocycles. The molecule has 1 aromatic carbocycles. The number of aliphatic hydroxyl groups excluding tert-OH is 1. The van der Waals surface area contributed by atoms with Crippen LogP contribution in [-0.2, 0) is 4.79 Å². The summed E-state index contributed by atoms with van der Waals surface area (Å²) in [6.07, 6.45) is -0.242. The fraction of sp³-hybridized carbons (Fsp3) is 0.533. The standard InChI is InChI=1S/C15H24N2O3/c1-10(2)20-13-6-4-12(5-7-13)14(18)9-17-11(3)8-15(16)19/h4-7,10-11,14,17-18H,8-9H2,1-3H3,(H2,16,19). The Morgan fingerprint density at radius 2 is 1.90 bits per heavy atom. The van der Waals surface area contributed by atoms with Gasteiger partial charge in [-0.3, -0.25) is 4.79 Å². The normalized spacial score (nSPS) is 14.1. The number of amides is 1. The quantitative estimate of drug-likeness (QED) is 0.671. The zero-order chi connectivity index (χ0) is 15.1. The van der Waals surface area contributed by atoms with Crippen LogP contribution in [0.4, 0.5) is 0 Å². The van der Waals surface area contributed by atoms with Crippen LogP contribution < -0.4 is 15.8 Å². The molecule has 0 aliphatic heterocycles. The van der Waals surface area contributed by atoms with Crippen molar-refractivity contribution in [2.45, 2.75) is 45.4 Å². The topological polar surface area (TPSA) is 84.6 Å². The van der Waals surface area contributed by atoms with E-state index in [1.807, 2.05) is 45.0 Å². The third-order valence-electron chi connectivity index (χ3n) is 2.80. The van der Waals surface area contributed by atoms with Crippen LogP contribution in [0.5, 0.6) is 5.75 Å². The SMILES string of the molecule is CC(CC(N)=O)NCC(O)c1ccc(OC(C)C)cc1. The second-order valence-corrected chi connectivity index (χ2v) is 5.23. The summed E-state index contributed by atoms with van der Waals surface area (Å²) in [5.41, 5.74) is 5.92. The molecule has 2 atom stereocenters. The minimum Gasteiger partial charge on any atom is -0.491 e. The first-order chi connectivity index (χ1) is 9.38. The zero-order valence-corrected chi connectivity index (χ0v) is 12.3. The zero-order valence-electron chi connectivity index (χ0n) is 12.3. The molecule has 0 fully saturated rings. The minimum atomic E-state index is -0.626. The summed E-state index contributed by atoms with van der Waals surface area (Å²) in [6.45, 7) is 6.16. The first-order valence-electron chi connectivity index (χ1n) is 6.85. The molecule has 0 spiro atoms. The van der Waals surface area contributed by atoms with E-state index in [1.54, 1.807) is 0 Å². The number of rotatable bonds is 8. The lowest BCUT2D eigenvalue weighted by Crippen LogP contribution is -2.33. The van der Waals surface area contributed by atoms with Gasteiger partial charge in [0.2, 0.25) is 5.91 Å². The Bertz CT molecular complexity index is 418. The van der Waals surface area contributed by atoms with Crippen molar-refractivity contribution in [3.05, 3.63) is 29.8 Å². The largest absolute Gasteiger partial charge is 0.491 e. The van der Waals surface area contributed by atoms with Gasteiger partial charge in [0.15, 0.2) is 0 Å². The summed E-state index contributed by atoms with van der Waals surface area (Å²) in [6, 6.07) is 7.30. The van der Waals surface area contributed by atoms with Gasteiger partial charge in [-0.25, -0.2) is 0 Å². The van der Waals surface area contributed by atoms with Crippen molar-refractivity contribution in [2.75, 3.05) is 6.54 Å². The number of nitrogens with two attached hydrogens (primary N) is 1. The van der Waals surface area contributed by atoms with Crippen LogP contribution in [0.2, 0.25) is 0 Å². The Morgan fingerprint density at radius 1 is 1.30 bits per heavy atom. The van der Waals surface area contributed by atoms with Crippen molar-refractivity contribution in [1.82, 2.24) is 5.32 Å². The molecule has 4 N–H and O–H groups in total. The molecule has 112 valence electrons. The molecular weight excluding hydrogens is 256 g/mol. The fourth-order valence-corrected chi connectivity index (χ4v) is 1.85. The number of carbonyl (C=O) groups is 1. The second kappa shape index (κ2) is 7.87. The van der Waals surface area contributed by atoms with Gasteiger partial charge in [-0.15, -0.1) is 0 Å². The average Bonchev–Trinajstić information content (AvgIpc) is 2.35. The van der Waals surface area contributed by atoms with E-state index in [2.05, 4.69) is 5.32 Å². The third-order valence-corrected chi connectivity index (χ3v) is 2.80. The Labute approximate surface area is 120 Å². The summed E-state index contributed by atoms with van der Waals surface area (Å²) in [7, 11) is 0. The first-order valence-corrected chi connectivity index (χ1v) is 6.85. The van der Waals surface area contributed by atoms with Crippen molar-refractivity contribution < 1.29 is 14.6 Å². The summed E-state index contributed by atoms with van der Waals surface area (Å²) < 4.78 is 5.54. The van der Waals surface area contributed by atoms with E-state index in [1.165, 1.54) is 0 Å². The van der Waals surface area contributed by atoms with Crippen molar-refractivity contribution in [2.24, 2.45) is 5.73 Å². The molecule has 1 amide bonds. The van der Waals surface area contributed by atoms with Crippen LogP contribution >= 0.6 is 0 Å². The maximum atomic E-state index is 10.8. The molecule has 20 heavy (non-hydrogen) atoms. The third kappa shape index (κ3) is 6.04. The molecule has 1 aromatic rings. The highest BCUT2D eigenvalue weighted by Gasteiger charge is 2.11. The van der Waals surface area contributed by atoms with E-state index >= 15 is 0 Å². The summed E-state index contributed by atoms with van der Waals surface area (Å²) in [5, 5.41) is 13.1. The number of hydrogen-bond donors (Lipinski definition) is 3. The van der Waals surface area contributed by atoms with E-state index in [4.69, 9.17) is 10.5 Å². The van der Waals surface area contributed by atoms with Gasteiger partial charge in [-0.2, -0.15) is 0 Å². The van der Waals surface area contributed by atoms with Gasteiger partial charge in [0.1, 0.15) is 5.75 Å². The molecule has 0 saturated heterocycles. The van der Waals surface area contributed by atoms with Crippen LogP contribution in [0.25, 0.3) is 0 Å². The Hall–Kier alpha value is -1.59. The van der Waals surface area contributed by atoms with E-state index in [9.17, 15) is 9.90 Å².